The lowest BCUT2D eigenvalue weighted by molar-refractivity contribution is 0.0756. The Hall–Kier alpha value is -1.75. The number of aliphatic hydroxyl groups is 1. The van der Waals surface area contributed by atoms with E-state index < -0.39 is 6.10 Å². The molecule has 2 aromatic rings. The molecule has 1 fully saturated rings. The maximum atomic E-state index is 10.4. The summed E-state index contributed by atoms with van der Waals surface area (Å²) in [5, 5.41) is 14.3. The highest BCUT2D eigenvalue weighted by molar-refractivity contribution is 6.32. The van der Waals surface area contributed by atoms with Crippen LogP contribution in [0.1, 0.15) is 31.7 Å². The van der Waals surface area contributed by atoms with Crippen molar-refractivity contribution in [2.75, 3.05) is 13.2 Å². The average molecular weight is 376 g/mol. The van der Waals surface area contributed by atoms with Gasteiger partial charge in [-0.25, -0.2) is 0 Å². The largest absolute Gasteiger partial charge is 0.489 e. The molecule has 2 unspecified atom stereocenters. The fraction of sp³-hybridized carbons (Fsp3) is 0.429. The quantitative estimate of drug-likeness (QED) is 0.767. The number of para-hydroxylation sites is 1. The van der Waals surface area contributed by atoms with Crippen LogP contribution in [0.4, 0.5) is 0 Å². The first-order valence-electron chi connectivity index (χ1n) is 9.08. The summed E-state index contributed by atoms with van der Waals surface area (Å²) in [5.41, 5.74) is 1.30. The number of aliphatic hydroxyl groups excluding tert-OH is 1. The number of rotatable bonds is 7. The number of benzene rings is 2. The molecule has 26 heavy (non-hydrogen) atoms. The minimum absolute atomic E-state index is 0.0415. The lowest BCUT2D eigenvalue weighted by atomic mass is 10.0. The average Bonchev–Trinajstić information content (AvgIpc) is 3.10. The molecule has 2 aromatic carbocycles. The summed E-state index contributed by atoms with van der Waals surface area (Å²) < 4.78 is 11.7. The normalized spacial score (nSPS) is 21.0. The summed E-state index contributed by atoms with van der Waals surface area (Å²) in [6.45, 7) is 5.25. The van der Waals surface area contributed by atoms with E-state index in [9.17, 15) is 5.11 Å². The van der Waals surface area contributed by atoms with E-state index >= 15 is 0 Å². The molecule has 1 saturated heterocycles. The van der Waals surface area contributed by atoms with E-state index in [1.807, 2.05) is 24.3 Å². The standard InChI is InChI=1S/C21H26ClNO3/c1-14(2)15-7-9-16(10-8-15)26-17-11-19(23-12-17)20(24)13-25-21-6-4-3-5-18(21)22/h3-10,14,17,19-20,23-24H,11-13H2,1-2H3/t17?,19-,20?/m1/s1. The van der Waals surface area contributed by atoms with Crippen molar-refractivity contribution in [3.63, 3.8) is 0 Å². The van der Waals surface area contributed by atoms with Crippen molar-refractivity contribution in [1.29, 1.82) is 0 Å². The van der Waals surface area contributed by atoms with Gasteiger partial charge in [0.1, 0.15) is 30.3 Å². The van der Waals surface area contributed by atoms with Crippen LogP contribution in [0.3, 0.4) is 0 Å². The lowest BCUT2D eigenvalue weighted by Crippen LogP contribution is -2.38. The third-order valence-corrected chi connectivity index (χ3v) is 5.00. The Balaban J connectivity index is 1.47. The molecule has 0 saturated carbocycles. The third-order valence-electron chi connectivity index (χ3n) is 4.68. The van der Waals surface area contributed by atoms with E-state index in [-0.39, 0.29) is 18.8 Å². The SMILES string of the molecule is CC(C)c1ccc(OC2CN[C@@H](C(O)COc3ccccc3Cl)C2)cc1. The molecule has 0 radical (unpaired) electrons. The van der Waals surface area contributed by atoms with Crippen LogP contribution in [0.25, 0.3) is 0 Å². The molecule has 140 valence electrons. The van der Waals surface area contributed by atoms with Crippen molar-refractivity contribution in [3.05, 3.63) is 59.1 Å². The van der Waals surface area contributed by atoms with Gasteiger partial charge in [-0.05, 0) is 35.7 Å². The van der Waals surface area contributed by atoms with Gasteiger partial charge in [-0.2, -0.15) is 0 Å². The molecule has 3 rings (SSSR count). The number of ether oxygens (including phenoxy) is 2. The first-order chi connectivity index (χ1) is 12.5. The summed E-state index contributed by atoms with van der Waals surface area (Å²) >= 11 is 6.07. The molecule has 3 atom stereocenters. The molecule has 1 heterocycles. The van der Waals surface area contributed by atoms with Crippen LogP contribution in [0, 0.1) is 0 Å². The number of nitrogens with one attached hydrogen (secondary N) is 1. The monoisotopic (exact) mass is 375 g/mol. The second kappa shape index (κ2) is 8.76. The molecule has 0 amide bonds. The number of hydrogen-bond donors (Lipinski definition) is 2. The van der Waals surface area contributed by atoms with Crippen molar-refractivity contribution in [3.8, 4) is 11.5 Å². The minimum Gasteiger partial charge on any atom is -0.489 e. The van der Waals surface area contributed by atoms with E-state index in [0.717, 1.165) is 12.2 Å². The van der Waals surface area contributed by atoms with Crippen LogP contribution < -0.4 is 14.8 Å². The molecule has 0 aliphatic carbocycles. The van der Waals surface area contributed by atoms with Crippen molar-refractivity contribution >= 4 is 11.6 Å². The Morgan fingerprint density at radius 2 is 1.88 bits per heavy atom. The first kappa shape index (κ1) is 19.0. The zero-order valence-electron chi connectivity index (χ0n) is 15.2. The van der Waals surface area contributed by atoms with Crippen LogP contribution in [-0.2, 0) is 0 Å². The topological polar surface area (TPSA) is 50.7 Å². The van der Waals surface area contributed by atoms with Gasteiger partial charge in [0.05, 0.1) is 5.02 Å². The van der Waals surface area contributed by atoms with Crippen molar-refractivity contribution < 1.29 is 14.6 Å². The van der Waals surface area contributed by atoms with Gasteiger partial charge in [0.25, 0.3) is 0 Å². The second-order valence-corrected chi connectivity index (χ2v) is 7.43. The molecule has 1 aliphatic heterocycles. The molecule has 0 bridgehead atoms. The van der Waals surface area contributed by atoms with Crippen molar-refractivity contribution in [2.24, 2.45) is 0 Å². The number of halogens is 1. The second-order valence-electron chi connectivity index (χ2n) is 7.02. The van der Waals surface area contributed by atoms with Crippen LogP contribution in [0.2, 0.25) is 5.02 Å². The van der Waals surface area contributed by atoms with E-state index in [4.69, 9.17) is 21.1 Å². The van der Waals surface area contributed by atoms with Crippen LogP contribution in [0.5, 0.6) is 11.5 Å². The molecule has 1 aliphatic rings. The summed E-state index contributed by atoms with van der Waals surface area (Å²) in [7, 11) is 0. The van der Waals surface area contributed by atoms with E-state index in [0.29, 0.717) is 23.2 Å². The summed E-state index contributed by atoms with van der Waals surface area (Å²) in [6, 6.07) is 15.4. The minimum atomic E-state index is -0.622. The van der Waals surface area contributed by atoms with Gasteiger partial charge in [0, 0.05) is 19.0 Å². The molecule has 4 nitrogen and oxygen atoms in total. The van der Waals surface area contributed by atoms with Gasteiger partial charge in [-0.15, -0.1) is 0 Å². The van der Waals surface area contributed by atoms with E-state index in [1.165, 1.54) is 5.56 Å². The van der Waals surface area contributed by atoms with Crippen molar-refractivity contribution in [2.45, 2.75) is 44.4 Å². The molecule has 0 spiro atoms. The predicted molar refractivity (Wildman–Crippen MR) is 104 cm³/mol. The van der Waals surface area contributed by atoms with Gasteiger partial charge >= 0.3 is 0 Å². The van der Waals surface area contributed by atoms with Gasteiger partial charge in [0.15, 0.2) is 0 Å². The fourth-order valence-electron chi connectivity index (χ4n) is 3.09. The van der Waals surface area contributed by atoms with Gasteiger partial charge < -0.3 is 19.9 Å². The first-order valence-corrected chi connectivity index (χ1v) is 9.46. The van der Waals surface area contributed by atoms with E-state index in [1.54, 1.807) is 12.1 Å². The Labute approximate surface area is 160 Å². The molecule has 2 N–H and O–H groups in total. The highest BCUT2D eigenvalue weighted by atomic mass is 35.5. The van der Waals surface area contributed by atoms with Crippen LogP contribution >= 0.6 is 11.6 Å². The Morgan fingerprint density at radius 1 is 1.15 bits per heavy atom. The van der Waals surface area contributed by atoms with Gasteiger partial charge in [-0.1, -0.05) is 49.7 Å². The predicted octanol–water partition coefficient (Wildman–Crippen LogP) is 4.01. The van der Waals surface area contributed by atoms with Crippen LogP contribution in [0.15, 0.2) is 48.5 Å². The number of hydrogen-bond acceptors (Lipinski definition) is 4. The highest BCUT2D eigenvalue weighted by Gasteiger charge is 2.31. The zero-order chi connectivity index (χ0) is 18.5. The Morgan fingerprint density at radius 3 is 2.58 bits per heavy atom. The zero-order valence-corrected chi connectivity index (χ0v) is 15.9. The summed E-state index contributed by atoms with van der Waals surface area (Å²) in [6.07, 6.45) is 0.155. The smallest absolute Gasteiger partial charge is 0.138 e. The summed E-state index contributed by atoms with van der Waals surface area (Å²) in [5.74, 6) is 1.96. The maximum absolute atomic E-state index is 10.4. The third kappa shape index (κ3) is 4.91. The maximum Gasteiger partial charge on any atom is 0.138 e. The summed E-state index contributed by atoms with van der Waals surface area (Å²) in [4.78, 5) is 0. The van der Waals surface area contributed by atoms with Gasteiger partial charge in [-0.3, -0.25) is 0 Å². The molecular formula is C21H26ClNO3. The van der Waals surface area contributed by atoms with E-state index in [2.05, 4.69) is 31.3 Å². The molecule has 5 heteroatoms. The van der Waals surface area contributed by atoms with Gasteiger partial charge in [0.2, 0.25) is 0 Å². The lowest BCUT2D eigenvalue weighted by Gasteiger charge is -2.19. The Kier molecular flexibility index (Phi) is 6.41. The molecule has 0 aromatic heterocycles. The van der Waals surface area contributed by atoms with Crippen molar-refractivity contribution in [1.82, 2.24) is 5.32 Å². The Bertz CT molecular complexity index is 705. The molecular weight excluding hydrogens is 350 g/mol. The van der Waals surface area contributed by atoms with Crippen LogP contribution in [-0.4, -0.2) is 36.5 Å². The highest BCUT2D eigenvalue weighted by Crippen LogP contribution is 2.25. The fourth-order valence-corrected chi connectivity index (χ4v) is 3.28.